The van der Waals surface area contributed by atoms with Gasteiger partial charge in [-0.3, -0.25) is 4.79 Å². The molecule has 2 aromatic carbocycles. The summed E-state index contributed by atoms with van der Waals surface area (Å²) in [6.45, 7) is 2.33. The van der Waals surface area contributed by atoms with Crippen LogP contribution in [0.1, 0.15) is 18.9 Å². The molecule has 0 aliphatic rings. The predicted octanol–water partition coefficient (Wildman–Crippen LogP) is 2.37. The molecule has 26 heavy (non-hydrogen) atoms. The molecule has 136 valence electrons. The zero-order chi connectivity index (χ0) is 19.0. The average Bonchev–Trinajstić information content (AvgIpc) is 2.62. The number of nitrogens with one attached hydrogen (secondary N) is 2. The Morgan fingerprint density at radius 1 is 1.19 bits per heavy atom. The van der Waals surface area contributed by atoms with E-state index in [2.05, 4.69) is 16.0 Å². The van der Waals surface area contributed by atoms with Crippen molar-refractivity contribution >= 4 is 21.6 Å². The summed E-state index contributed by atoms with van der Waals surface area (Å²) in [6.07, 6.45) is 5.31. The predicted molar refractivity (Wildman–Crippen MR) is 100 cm³/mol. The minimum absolute atomic E-state index is 0.00343. The molecule has 0 heterocycles. The Kier molecular flexibility index (Phi) is 6.78. The SMILES string of the molecule is C#Cc1cccc(NC(=O)CCNS(=O)(=O)c2ccc(OCC)cc2)c1. The van der Waals surface area contributed by atoms with Crippen molar-refractivity contribution in [1.29, 1.82) is 0 Å². The molecule has 0 aromatic heterocycles. The van der Waals surface area contributed by atoms with E-state index in [9.17, 15) is 13.2 Å². The van der Waals surface area contributed by atoms with Crippen molar-refractivity contribution in [3.8, 4) is 18.1 Å². The summed E-state index contributed by atoms with van der Waals surface area (Å²) < 4.78 is 32.1. The van der Waals surface area contributed by atoms with Crippen molar-refractivity contribution in [3.05, 3.63) is 54.1 Å². The number of sulfonamides is 1. The minimum atomic E-state index is -3.68. The molecule has 0 spiro atoms. The fourth-order valence-electron chi connectivity index (χ4n) is 2.17. The number of ether oxygens (including phenoxy) is 1. The van der Waals surface area contributed by atoms with Crippen LogP contribution < -0.4 is 14.8 Å². The zero-order valence-electron chi connectivity index (χ0n) is 14.4. The van der Waals surface area contributed by atoms with Gasteiger partial charge in [0, 0.05) is 24.2 Å². The standard InChI is InChI=1S/C19H20N2O4S/c1-3-15-6-5-7-16(14-15)21-19(22)12-13-20-26(23,24)18-10-8-17(9-11-18)25-4-2/h1,5-11,14,20H,4,12-13H2,2H3,(H,21,22). The molecule has 6 nitrogen and oxygen atoms in total. The van der Waals surface area contributed by atoms with Gasteiger partial charge >= 0.3 is 0 Å². The zero-order valence-corrected chi connectivity index (χ0v) is 15.2. The summed E-state index contributed by atoms with van der Waals surface area (Å²) in [7, 11) is -3.68. The van der Waals surface area contributed by atoms with E-state index in [1.165, 1.54) is 12.1 Å². The first-order chi connectivity index (χ1) is 12.4. The second-order valence-corrected chi connectivity index (χ2v) is 7.09. The molecule has 0 radical (unpaired) electrons. The van der Waals surface area contributed by atoms with Gasteiger partial charge in [0.2, 0.25) is 15.9 Å². The molecular formula is C19H20N2O4S. The van der Waals surface area contributed by atoms with E-state index in [0.717, 1.165) is 0 Å². The lowest BCUT2D eigenvalue weighted by molar-refractivity contribution is -0.116. The van der Waals surface area contributed by atoms with Gasteiger partial charge in [0.15, 0.2) is 0 Å². The van der Waals surface area contributed by atoms with Gasteiger partial charge in [-0.15, -0.1) is 6.42 Å². The summed E-state index contributed by atoms with van der Waals surface area (Å²) in [6, 6.07) is 13.0. The Morgan fingerprint density at radius 2 is 1.92 bits per heavy atom. The molecule has 2 rings (SSSR count). The van der Waals surface area contributed by atoms with Gasteiger partial charge in [0.05, 0.1) is 11.5 Å². The van der Waals surface area contributed by atoms with Gasteiger partial charge in [-0.05, 0) is 49.4 Å². The van der Waals surface area contributed by atoms with Crippen LogP contribution in [0.3, 0.4) is 0 Å². The van der Waals surface area contributed by atoms with Crippen molar-refractivity contribution in [1.82, 2.24) is 4.72 Å². The largest absolute Gasteiger partial charge is 0.494 e. The number of carbonyl (C=O) groups is 1. The van der Waals surface area contributed by atoms with Gasteiger partial charge in [-0.25, -0.2) is 13.1 Å². The van der Waals surface area contributed by atoms with Crippen LogP contribution >= 0.6 is 0 Å². The van der Waals surface area contributed by atoms with Crippen LogP contribution in [0.4, 0.5) is 5.69 Å². The second-order valence-electron chi connectivity index (χ2n) is 5.33. The first-order valence-corrected chi connectivity index (χ1v) is 9.52. The molecule has 0 bridgehead atoms. The number of rotatable bonds is 8. The van der Waals surface area contributed by atoms with Crippen LogP contribution in [-0.2, 0) is 14.8 Å². The van der Waals surface area contributed by atoms with Gasteiger partial charge < -0.3 is 10.1 Å². The highest BCUT2D eigenvalue weighted by atomic mass is 32.2. The number of amides is 1. The van der Waals surface area contributed by atoms with E-state index in [4.69, 9.17) is 11.2 Å². The Labute approximate surface area is 153 Å². The fraction of sp³-hybridized carbons (Fsp3) is 0.211. The highest BCUT2D eigenvalue weighted by Gasteiger charge is 2.14. The number of hydrogen-bond donors (Lipinski definition) is 2. The number of terminal acetylenes is 1. The molecule has 0 unspecified atom stereocenters. The minimum Gasteiger partial charge on any atom is -0.494 e. The van der Waals surface area contributed by atoms with Crippen molar-refractivity contribution < 1.29 is 17.9 Å². The monoisotopic (exact) mass is 372 g/mol. The third kappa shape index (κ3) is 5.62. The number of hydrogen-bond acceptors (Lipinski definition) is 4. The lowest BCUT2D eigenvalue weighted by Gasteiger charge is -2.09. The summed E-state index contributed by atoms with van der Waals surface area (Å²) >= 11 is 0. The third-order valence-electron chi connectivity index (χ3n) is 3.40. The average molecular weight is 372 g/mol. The fourth-order valence-corrected chi connectivity index (χ4v) is 3.21. The lowest BCUT2D eigenvalue weighted by Crippen LogP contribution is -2.27. The Hall–Kier alpha value is -2.82. The molecule has 0 aliphatic heterocycles. The molecule has 1 amide bonds. The second kappa shape index (κ2) is 9.04. The van der Waals surface area contributed by atoms with Crippen molar-refractivity contribution in [2.24, 2.45) is 0 Å². The van der Waals surface area contributed by atoms with E-state index < -0.39 is 10.0 Å². The maximum atomic E-state index is 12.2. The molecule has 0 saturated heterocycles. The van der Waals surface area contributed by atoms with E-state index in [1.807, 2.05) is 6.92 Å². The highest BCUT2D eigenvalue weighted by molar-refractivity contribution is 7.89. The van der Waals surface area contributed by atoms with Gasteiger partial charge in [-0.2, -0.15) is 0 Å². The van der Waals surface area contributed by atoms with Crippen LogP contribution in [0.2, 0.25) is 0 Å². The Morgan fingerprint density at radius 3 is 2.58 bits per heavy atom. The summed E-state index contributed by atoms with van der Waals surface area (Å²) in [5.74, 6) is 2.77. The van der Waals surface area contributed by atoms with Gasteiger partial charge in [0.1, 0.15) is 5.75 Å². The Balaban J connectivity index is 1.87. The van der Waals surface area contributed by atoms with Crippen LogP contribution in [-0.4, -0.2) is 27.5 Å². The van der Waals surface area contributed by atoms with Crippen LogP contribution in [0.5, 0.6) is 5.75 Å². The van der Waals surface area contributed by atoms with Crippen LogP contribution in [0.25, 0.3) is 0 Å². The molecule has 7 heteroatoms. The maximum Gasteiger partial charge on any atom is 0.240 e. The number of benzene rings is 2. The smallest absolute Gasteiger partial charge is 0.240 e. The first-order valence-electron chi connectivity index (χ1n) is 8.03. The van der Waals surface area contributed by atoms with Gasteiger partial charge in [-0.1, -0.05) is 12.0 Å². The third-order valence-corrected chi connectivity index (χ3v) is 4.88. The summed E-state index contributed by atoms with van der Waals surface area (Å²) in [5.41, 5.74) is 1.22. The molecule has 2 aromatic rings. The maximum absolute atomic E-state index is 12.2. The lowest BCUT2D eigenvalue weighted by atomic mass is 10.2. The van der Waals surface area contributed by atoms with Crippen LogP contribution in [0.15, 0.2) is 53.4 Å². The van der Waals surface area contributed by atoms with Gasteiger partial charge in [0.25, 0.3) is 0 Å². The molecule has 0 saturated carbocycles. The van der Waals surface area contributed by atoms with E-state index in [-0.39, 0.29) is 23.8 Å². The van der Waals surface area contributed by atoms with Crippen molar-refractivity contribution in [3.63, 3.8) is 0 Å². The molecule has 0 fully saturated rings. The first kappa shape index (κ1) is 19.5. The van der Waals surface area contributed by atoms with E-state index >= 15 is 0 Å². The van der Waals surface area contributed by atoms with Crippen molar-refractivity contribution in [2.45, 2.75) is 18.2 Å². The normalized spacial score (nSPS) is 10.8. The topological polar surface area (TPSA) is 84.5 Å². The summed E-state index contributed by atoms with van der Waals surface area (Å²) in [5, 5.41) is 2.68. The quantitative estimate of drug-likeness (QED) is 0.697. The van der Waals surface area contributed by atoms with Crippen LogP contribution in [0, 0.1) is 12.3 Å². The number of carbonyl (C=O) groups excluding carboxylic acids is 1. The van der Waals surface area contributed by atoms with E-state index in [1.54, 1.807) is 36.4 Å². The molecular weight excluding hydrogens is 352 g/mol. The molecule has 0 atom stereocenters. The highest BCUT2D eigenvalue weighted by Crippen LogP contribution is 2.16. The number of anilines is 1. The van der Waals surface area contributed by atoms with E-state index in [0.29, 0.717) is 23.6 Å². The molecule has 0 aliphatic carbocycles. The Bertz CT molecular complexity index is 900. The van der Waals surface area contributed by atoms with Crippen molar-refractivity contribution in [2.75, 3.05) is 18.5 Å². The molecule has 2 N–H and O–H groups in total. The summed E-state index contributed by atoms with van der Waals surface area (Å²) in [4.78, 5) is 12.1.